The lowest BCUT2D eigenvalue weighted by Gasteiger charge is -2.32. The van der Waals surface area contributed by atoms with Gasteiger partial charge in [-0.1, -0.05) is 0 Å². The molecule has 0 spiro atoms. The van der Waals surface area contributed by atoms with Crippen molar-refractivity contribution >= 4 is 22.4 Å². The lowest BCUT2D eigenvalue weighted by molar-refractivity contribution is -0.146. The molecule has 0 saturated carbocycles. The van der Waals surface area contributed by atoms with Gasteiger partial charge in [0.25, 0.3) is 5.82 Å². The van der Waals surface area contributed by atoms with Crippen LogP contribution in [0.1, 0.15) is 30.1 Å². The van der Waals surface area contributed by atoms with Gasteiger partial charge in [-0.25, -0.2) is 0 Å². The summed E-state index contributed by atoms with van der Waals surface area (Å²) in [7, 11) is 0. The number of aromatic amines is 1. The highest BCUT2D eigenvalue weighted by atomic mass is 19.4. The van der Waals surface area contributed by atoms with Crippen LogP contribution in [0.2, 0.25) is 0 Å². The monoisotopic (exact) mass is 387 g/mol. The molecule has 28 heavy (non-hydrogen) atoms. The zero-order chi connectivity index (χ0) is 19.3. The first kappa shape index (κ1) is 17.0. The van der Waals surface area contributed by atoms with Crippen LogP contribution in [0.5, 0.6) is 0 Å². The second-order valence-electron chi connectivity index (χ2n) is 6.91. The molecule has 1 N–H and O–H groups in total. The second-order valence-corrected chi connectivity index (χ2v) is 6.91. The zero-order valence-electron chi connectivity index (χ0n) is 14.7. The Hall–Kier alpha value is -3.17. The van der Waals surface area contributed by atoms with Crippen LogP contribution in [-0.4, -0.2) is 42.9 Å². The molecule has 1 fully saturated rings. The molecule has 10 heteroatoms. The van der Waals surface area contributed by atoms with E-state index in [2.05, 4.69) is 25.3 Å². The predicted octanol–water partition coefficient (Wildman–Crippen LogP) is 3.40. The Kier molecular flexibility index (Phi) is 3.74. The Labute approximate surface area is 157 Å². The summed E-state index contributed by atoms with van der Waals surface area (Å²) in [6.07, 6.45) is 2.81. The lowest BCUT2D eigenvalue weighted by atomic mass is 9.89. The number of pyridine rings is 1. The summed E-state index contributed by atoms with van der Waals surface area (Å²) in [4.78, 5) is 9.39. The average molecular weight is 387 g/mol. The number of hydrogen-bond acceptors (Lipinski definition) is 5. The van der Waals surface area contributed by atoms with Gasteiger partial charge < -0.3 is 9.88 Å². The molecule has 7 nitrogen and oxygen atoms in total. The molecule has 0 bridgehead atoms. The van der Waals surface area contributed by atoms with Crippen LogP contribution >= 0.6 is 0 Å². The van der Waals surface area contributed by atoms with Gasteiger partial charge in [-0.05, 0) is 42.5 Å². The molecule has 144 valence electrons. The maximum Gasteiger partial charge on any atom is 0.453 e. The van der Waals surface area contributed by atoms with E-state index in [4.69, 9.17) is 0 Å². The van der Waals surface area contributed by atoms with E-state index >= 15 is 0 Å². The minimum atomic E-state index is -4.60. The van der Waals surface area contributed by atoms with Crippen LogP contribution < -0.4 is 4.90 Å². The van der Waals surface area contributed by atoms with Gasteiger partial charge in [-0.2, -0.15) is 17.7 Å². The second kappa shape index (κ2) is 6.18. The maximum absolute atomic E-state index is 13.1. The third kappa shape index (κ3) is 2.76. The van der Waals surface area contributed by atoms with Gasteiger partial charge >= 0.3 is 6.18 Å². The first-order valence-corrected chi connectivity index (χ1v) is 8.96. The Morgan fingerprint density at radius 1 is 1.07 bits per heavy atom. The van der Waals surface area contributed by atoms with Gasteiger partial charge in [0.15, 0.2) is 5.65 Å². The highest BCUT2D eigenvalue weighted by molar-refractivity contribution is 5.82. The SMILES string of the molecule is FC(F)(F)c1nnc2ccc(N3CCC(c4c[nH]c5cnccc45)CC3)nn12. The Morgan fingerprint density at radius 3 is 2.68 bits per heavy atom. The largest absolute Gasteiger partial charge is 0.453 e. The number of anilines is 1. The van der Waals surface area contributed by atoms with Gasteiger partial charge in [-0.15, -0.1) is 15.3 Å². The van der Waals surface area contributed by atoms with Gasteiger partial charge in [0.05, 0.1) is 11.7 Å². The van der Waals surface area contributed by atoms with Crippen molar-refractivity contribution in [2.24, 2.45) is 0 Å². The zero-order valence-corrected chi connectivity index (χ0v) is 14.7. The predicted molar refractivity (Wildman–Crippen MR) is 96.1 cm³/mol. The van der Waals surface area contributed by atoms with Crippen molar-refractivity contribution in [2.75, 3.05) is 18.0 Å². The number of halogens is 3. The van der Waals surface area contributed by atoms with E-state index in [0.29, 0.717) is 24.8 Å². The fraction of sp³-hybridized carbons (Fsp3) is 0.333. The fourth-order valence-corrected chi connectivity index (χ4v) is 3.88. The lowest BCUT2D eigenvalue weighted by Crippen LogP contribution is -2.33. The summed E-state index contributed by atoms with van der Waals surface area (Å²) < 4.78 is 40.0. The first-order valence-electron chi connectivity index (χ1n) is 8.96. The average Bonchev–Trinajstić information content (AvgIpc) is 3.31. The van der Waals surface area contributed by atoms with Gasteiger partial charge in [0, 0.05) is 30.9 Å². The van der Waals surface area contributed by atoms with E-state index in [-0.39, 0.29) is 5.65 Å². The molecular formula is C18H16F3N7. The van der Waals surface area contributed by atoms with E-state index in [1.807, 2.05) is 23.4 Å². The molecule has 0 aliphatic carbocycles. The van der Waals surface area contributed by atoms with E-state index in [1.165, 1.54) is 17.0 Å². The van der Waals surface area contributed by atoms with Crippen molar-refractivity contribution in [1.82, 2.24) is 29.8 Å². The van der Waals surface area contributed by atoms with Crippen molar-refractivity contribution in [2.45, 2.75) is 24.9 Å². The summed E-state index contributed by atoms with van der Waals surface area (Å²) in [5, 5.41) is 12.1. The molecule has 0 atom stereocenters. The quantitative estimate of drug-likeness (QED) is 0.571. The standard InChI is InChI=1S/C18H16F3N7/c19-18(20,21)17-25-24-15-1-2-16(26-28(15)17)27-7-4-11(5-8-27)13-9-23-14-10-22-6-3-12(13)14/h1-3,6,9-11,23H,4-5,7-8H2. The highest BCUT2D eigenvalue weighted by Gasteiger charge is 2.38. The topological polar surface area (TPSA) is 75.0 Å². The van der Waals surface area contributed by atoms with Crippen molar-refractivity contribution in [3.05, 3.63) is 48.2 Å². The molecule has 1 saturated heterocycles. The minimum absolute atomic E-state index is 0.0818. The number of nitrogens with zero attached hydrogens (tertiary/aromatic N) is 6. The fourth-order valence-electron chi connectivity index (χ4n) is 3.88. The van der Waals surface area contributed by atoms with Crippen LogP contribution in [0.15, 0.2) is 36.8 Å². The number of nitrogens with one attached hydrogen (secondary N) is 1. The van der Waals surface area contributed by atoms with Gasteiger partial charge in [0.2, 0.25) is 0 Å². The van der Waals surface area contributed by atoms with Crippen LogP contribution in [0.4, 0.5) is 19.0 Å². The molecule has 0 amide bonds. The van der Waals surface area contributed by atoms with E-state index in [1.54, 1.807) is 12.3 Å². The molecule has 1 aliphatic heterocycles. The van der Waals surface area contributed by atoms with Gasteiger partial charge in [-0.3, -0.25) is 4.98 Å². The number of hydrogen-bond donors (Lipinski definition) is 1. The van der Waals surface area contributed by atoms with Crippen LogP contribution in [0, 0.1) is 0 Å². The summed E-state index contributed by atoms with van der Waals surface area (Å²) in [5.41, 5.74) is 2.36. The molecule has 0 unspecified atom stereocenters. The van der Waals surface area contributed by atoms with Crippen LogP contribution in [0.25, 0.3) is 16.6 Å². The number of alkyl halides is 3. The number of rotatable bonds is 2. The van der Waals surface area contributed by atoms with Gasteiger partial charge in [0.1, 0.15) is 5.82 Å². The third-order valence-corrected chi connectivity index (χ3v) is 5.28. The first-order chi connectivity index (χ1) is 13.5. The third-order valence-electron chi connectivity index (χ3n) is 5.28. The summed E-state index contributed by atoms with van der Waals surface area (Å²) in [6.45, 7) is 1.43. The van der Waals surface area contributed by atoms with Crippen LogP contribution in [-0.2, 0) is 6.18 Å². The molecule has 4 aromatic heterocycles. The highest BCUT2D eigenvalue weighted by Crippen LogP contribution is 2.34. The van der Waals surface area contributed by atoms with Crippen molar-refractivity contribution in [1.29, 1.82) is 0 Å². The maximum atomic E-state index is 13.1. The van der Waals surface area contributed by atoms with Crippen molar-refractivity contribution < 1.29 is 13.2 Å². The molecule has 0 aromatic carbocycles. The molecule has 1 aliphatic rings. The molecular weight excluding hydrogens is 371 g/mol. The van der Waals surface area contributed by atoms with E-state index < -0.39 is 12.0 Å². The smallest absolute Gasteiger partial charge is 0.360 e. The molecule has 0 radical (unpaired) electrons. The summed E-state index contributed by atoms with van der Waals surface area (Å²) in [6, 6.07) is 5.22. The summed E-state index contributed by atoms with van der Waals surface area (Å²) >= 11 is 0. The van der Waals surface area contributed by atoms with Crippen LogP contribution in [0.3, 0.4) is 0 Å². The number of piperidine rings is 1. The Balaban J connectivity index is 1.38. The van der Waals surface area contributed by atoms with Crippen molar-refractivity contribution in [3.63, 3.8) is 0 Å². The Morgan fingerprint density at radius 2 is 1.89 bits per heavy atom. The Bertz CT molecular complexity index is 1140. The van der Waals surface area contributed by atoms with E-state index in [9.17, 15) is 13.2 Å². The van der Waals surface area contributed by atoms with Crippen molar-refractivity contribution in [3.8, 4) is 0 Å². The summed E-state index contributed by atoms with van der Waals surface area (Å²) in [5.74, 6) is -0.220. The number of H-pyrrole nitrogens is 1. The van der Waals surface area contributed by atoms with E-state index in [0.717, 1.165) is 22.9 Å². The molecule has 4 aromatic rings. The molecule has 5 heterocycles. The minimum Gasteiger partial charge on any atom is -0.360 e. The normalized spacial score (nSPS) is 16.3. The number of aromatic nitrogens is 6. The number of fused-ring (bicyclic) bond motifs is 2. The molecule has 5 rings (SSSR count).